The van der Waals surface area contributed by atoms with E-state index in [2.05, 4.69) is 51.1 Å². The summed E-state index contributed by atoms with van der Waals surface area (Å²) in [6, 6.07) is 17.4. The molecular weight excluding hydrogens is 440 g/mol. The van der Waals surface area contributed by atoms with Crippen molar-refractivity contribution in [2.75, 3.05) is 26.4 Å². The molecule has 1 N–H and O–H groups in total. The van der Waals surface area contributed by atoms with Crippen molar-refractivity contribution in [2.24, 2.45) is 7.05 Å². The Morgan fingerprint density at radius 2 is 2.00 bits per heavy atom. The van der Waals surface area contributed by atoms with Gasteiger partial charge in [0.15, 0.2) is 0 Å². The molecule has 0 bridgehead atoms. The van der Waals surface area contributed by atoms with Crippen molar-refractivity contribution in [3.05, 3.63) is 77.6 Å². The zero-order valence-corrected chi connectivity index (χ0v) is 19.4. The summed E-state index contributed by atoms with van der Waals surface area (Å²) in [5, 5.41) is 3.91. The van der Waals surface area contributed by atoms with E-state index in [1.165, 1.54) is 33.8 Å². The number of ether oxygens (including phenoxy) is 2. The first-order chi connectivity index (χ1) is 16.0. The zero-order chi connectivity index (χ0) is 22.8. The lowest BCUT2D eigenvalue weighted by Crippen LogP contribution is -2.48. The first-order valence-corrected chi connectivity index (χ1v) is 12.6. The van der Waals surface area contributed by atoms with Gasteiger partial charge in [-0.3, -0.25) is 9.58 Å². The summed E-state index contributed by atoms with van der Waals surface area (Å²) in [5.41, 5.74) is 3.89. The molecule has 174 valence electrons. The van der Waals surface area contributed by atoms with Crippen LogP contribution in [0.15, 0.2) is 65.8 Å². The number of nitrogens with zero attached hydrogens (tertiary/aromatic N) is 3. The number of benzene rings is 2. The lowest BCUT2D eigenvalue weighted by Gasteiger charge is -2.38. The van der Waals surface area contributed by atoms with Crippen LogP contribution in [0, 0.1) is 0 Å². The highest BCUT2D eigenvalue weighted by atomic mass is 32.2. The molecule has 0 radical (unpaired) electrons. The Hall–Kier alpha value is -2.72. The van der Waals surface area contributed by atoms with Crippen molar-refractivity contribution in [2.45, 2.75) is 29.9 Å². The summed E-state index contributed by atoms with van der Waals surface area (Å²) in [6.07, 6.45) is 3.73. The molecule has 0 spiro atoms. The molecule has 1 aromatic heterocycles. The van der Waals surface area contributed by atoms with Crippen LogP contribution in [0.2, 0.25) is 0 Å². The molecule has 1 atom stereocenters. The Kier molecular flexibility index (Phi) is 6.20. The molecule has 1 fully saturated rings. The van der Waals surface area contributed by atoms with Crippen molar-refractivity contribution in [1.82, 2.24) is 19.4 Å². The monoisotopic (exact) mass is 468 g/mol. The summed E-state index contributed by atoms with van der Waals surface area (Å²) in [6.45, 7) is 2.88. The molecule has 0 saturated carbocycles. The van der Waals surface area contributed by atoms with Crippen LogP contribution in [0.3, 0.4) is 0 Å². The van der Waals surface area contributed by atoms with Crippen molar-refractivity contribution in [1.29, 1.82) is 0 Å². The fourth-order valence-electron chi connectivity index (χ4n) is 4.43. The van der Waals surface area contributed by atoms with E-state index in [9.17, 15) is 8.42 Å². The molecule has 2 aliphatic rings. The van der Waals surface area contributed by atoms with E-state index < -0.39 is 10.0 Å². The molecule has 3 heterocycles. The van der Waals surface area contributed by atoms with E-state index in [4.69, 9.17) is 9.47 Å². The largest absolute Gasteiger partial charge is 0.492 e. The van der Waals surface area contributed by atoms with E-state index in [-0.39, 0.29) is 24.1 Å². The molecular formula is C24H28N4O4S. The van der Waals surface area contributed by atoms with Gasteiger partial charge in [-0.15, -0.1) is 0 Å². The van der Waals surface area contributed by atoms with Gasteiger partial charge in [-0.1, -0.05) is 36.4 Å². The van der Waals surface area contributed by atoms with Crippen molar-refractivity contribution in [3.63, 3.8) is 0 Å². The van der Waals surface area contributed by atoms with Crippen molar-refractivity contribution in [3.8, 4) is 5.75 Å². The third-order valence-electron chi connectivity index (χ3n) is 6.25. The topological polar surface area (TPSA) is 85.7 Å². The number of aryl methyl sites for hydroxylation is 1. The molecule has 0 aliphatic carbocycles. The van der Waals surface area contributed by atoms with Gasteiger partial charge in [-0.05, 0) is 35.2 Å². The predicted octanol–water partition coefficient (Wildman–Crippen LogP) is 2.28. The van der Waals surface area contributed by atoms with Gasteiger partial charge in [0, 0.05) is 32.4 Å². The van der Waals surface area contributed by atoms with Crippen LogP contribution in [-0.2, 0) is 34.8 Å². The van der Waals surface area contributed by atoms with E-state index >= 15 is 0 Å². The second-order valence-electron chi connectivity index (χ2n) is 8.53. The molecule has 5 rings (SSSR count). The maximum atomic E-state index is 12.3. The average molecular weight is 469 g/mol. The SMILES string of the molecule is Cn1cc(S(=O)(=O)NCCOc2ccc3c(c2)C(Cc2ccccc2)N(C2COC2)C3)cn1. The Bertz CT molecular complexity index is 1210. The Labute approximate surface area is 194 Å². The van der Waals surface area contributed by atoms with Crippen LogP contribution in [0.5, 0.6) is 5.75 Å². The number of fused-ring (bicyclic) bond motifs is 1. The van der Waals surface area contributed by atoms with Gasteiger partial charge >= 0.3 is 0 Å². The second kappa shape index (κ2) is 9.26. The average Bonchev–Trinajstić information content (AvgIpc) is 3.36. The molecule has 3 aromatic rings. The van der Waals surface area contributed by atoms with Gasteiger partial charge < -0.3 is 9.47 Å². The molecule has 1 unspecified atom stereocenters. The number of hydrogen-bond donors (Lipinski definition) is 1. The minimum absolute atomic E-state index is 0.145. The maximum Gasteiger partial charge on any atom is 0.243 e. The van der Waals surface area contributed by atoms with Crippen LogP contribution in [0.25, 0.3) is 0 Å². The van der Waals surface area contributed by atoms with E-state index in [0.29, 0.717) is 6.04 Å². The van der Waals surface area contributed by atoms with Gasteiger partial charge in [0.2, 0.25) is 10.0 Å². The molecule has 33 heavy (non-hydrogen) atoms. The van der Waals surface area contributed by atoms with Crippen molar-refractivity contribution < 1.29 is 17.9 Å². The third kappa shape index (κ3) is 4.81. The lowest BCUT2D eigenvalue weighted by molar-refractivity contribution is -0.0784. The molecule has 1 saturated heterocycles. The summed E-state index contributed by atoms with van der Waals surface area (Å²) in [5.74, 6) is 0.749. The van der Waals surface area contributed by atoms with E-state index in [0.717, 1.165) is 31.9 Å². The van der Waals surface area contributed by atoms with Gasteiger partial charge in [0.1, 0.15) is 17.3 Å². The Morgan fingerprint density at radius 3 is 2.70 bits per heavy atom. The summed E-state index contributed by atoms with van der Waals surface area (Å²) < 4.78 is 40.0. The van der Waals surface area contributed by atoms with E-state index in [1.807, 2.05) is 12.1 Å². The molecule has 2 aromatic carbocycles. The fourth-order valence-corrected chi connectivity index (χ4v) is 5.43. The van der Waals surface area contributed by atoms with Crippen LogP contribution in [0.4, 0.5) is 0 Å². The lowest BCUT2D eigenvalue weighted by atomic mass is 9.97. The van der Waals surface area contributed by atoms with Gasteiger partial charge in [0.25, 0.3) is 0 Å². The number of hydrogen-bond acceptors (Lipinski definition) is 6. The normalized spacial score (nSPS) is 18.8. The zero-order valence-electron chi connectivity index (χ0n) is 18.6. The highest BCUT2D eigenvalue weighted by molar-refractivity contribution is 7.89. The minimum Gasteiger partial charge on any atom is -0.492 e. The molecule has 0 amide bonds. The van der Waals surface area contributed by atoms with E-state index in [1.54, 1.807) is 7.05 Å². The summed E-state index contributed by atoms with van der Waals surface area (Å²) in [7, 11) is -1.91. The second-order valence-corrected chi connectivity index (χ2v) is 10.3. The van der Waals surface area contributed by atoms with Gasteiger partial charge in [-0.2, -0.15) is 5.10 Å². The number of rotatable bonds is 9. The van der Waals surface area contributed by atoms with Crippen molar-refractivity contribution >= 4 is 10.0 Å². The first kappa shape index (κ1) is 22.1. The smallest absolute Gasteiger partial charge is 0.243 e. The quantitative estimate of drug-likeness (QED) is 0.485. The first-order valence-electron chi connectivity index (χ1n) is 11.1. The summed E-state index contributed by atoms with van der Waals surface area (Å²) >= 11 is 0. The fraction of sp³-hybridized carbons (Fsp3) is 0.375. The Morgan fingerprint density at radius 1 is 1.18 bits per heavy atom. The number of sulfonamides is 1. The van der Waals surface area contributed by atoms with Gasteiger partial charge in [0.05, 0.1) is 25.5 Å². The number of nitrogens with one attached hydrogen (secondary N) is 1. The predicted molar refractivity (Wildman–Crippen MR) is 123 cm³/mol. The highest BCUT2D eigenvalue weighted by Crippen LogP contribution is 2.40. The molecule has 2 aliphatic heterocycles. The summed E-state index contributed by atoms with van der Waals surface area (Å²) in [4.78, 5) is 2.68. The van der Waals surface area contributed by atoms with Crippen LogP contribution in [0.1, 0.15) is 22.7 Å². The molecule has 8 nitrogen and oxygen atoms in total. The van der Waals surface area contributed by atoms with Crippen LogP contribution >= 0.6 is 0 Å². The maximum absolute atomic E-state index is 12.3. The number of aromatic nitrogens is 2. The van der Waals surface area contributed by atoms with Gasteiger partial charge in [-0.25, -0.2) is 13.1 Å². The van der Waals surface area contributed by atoms with Crippen LogP contribution in [-0.4, -0.2) is 55.5 Å². The minimum atomic E-state index is -3.59. The standard InChI is InChI=1S/C24H28N4O4S/c1-27-15-22(13-25-27)33(29,30)26-9-10-32-21-8-7-19-14-28(20-16-31-17-20)24(23(19)12-21)11-18-5-3-2-4-6-18/h2-8,12-13,15,20,24,26H,9-11,14,16-17H2,1H3. The highest BCUT2D eigenvalue weighted by Gasteiger charge is 2.38. The Balaban J connectivity index is 1.25. The van der Waals surface area contributed by atoms with Crippen LogP contribution < -0.4 is 9.46 Å². The third-order valence-corrected chi connectivity index (χ3v) is 7.66. The molecule has 9 heteroatoms.